The first-order valence-electron chi connectivity index (χ1n) is 9.61. The number of tetrazole rings is 1. The number of aromatic amines is 1. The van der Waals surface area contributed by atoms with E-state index in [1.54, 1.807) is 9.58 Å². The molecule has 0 radical (unpaired) electrons. The third-order valence-corrected chi connectivity index (χ3v) is 5.71. The monoisotopic (exact) mass is 374 g/mol. The minimum atomic E-state index is -0.0697. The van der Waals surface area contributed by atoms with Crippen LogP contribution in [0.4, 0.5) is 0 Å². The average Bonchev–Trinajstić information content (AvgIpc) is 3.21. The van der Waals surface area contributed by atoms with E-state index in [-0.39, 0.29) is 18.5 Å². The Kier molecular flexibility index (Phi) is 5.88. The summed E-state index contributed by atoms with van der Waals surface area (Å²) in [6, 6.07) is -0.0697. The van der Waals surface area contributed by atoms with Gasteiger partial charge in [0.05, 0.1) is 18.3 Å². The summed E-state index contributed by atoms with van der Waals surface area (Å²) in [5, 5.41) is 19.2. The lowest BCUT2D eigenvalue weighted by atomic mass is 9.99. The maximum absolute atomic E-state index is 12.8. The largest absolute Gasteiger partial charge is 0.337 e. The summed E-state index contributed by atoms with van der Waals surface area (Å²) in [5.41, 5.74) is 2.97. The molecule has 0 spiro atoms. The first-order valence-corrected chi connectivity index (χ1v) is 9.61. The molecular weight excluding hydrogens is 344 g/mol. The fourth-order valence-corrected chi connectivity index (χ4v) is 3.70. The molecule has 9 nitrogen and oxygen atoms in total. The van der Waals surface area contributed by atoms with Crippen LogP contribution in [0.5, 0.6) is 0 Å². The Morgan fingerprint density at radius 1 is 1.33 bits per heavy atom. The minimum Gasteiger partial charge on any atom is -0.337 e. The molecule has 0 aromatic carbocycles. The molecule has 1 saturated heterocycles. The van der Waals surface area contributed by atoms with Crippen molar-refractivity contribution >= 4 is 5.91 Å². The third kappa shape index (κ3) is 4.35. The topological polar surface area (TPSA) is 95.8 Å². The molecule has 27 heavy (non-hydrogen) atoms. The number of carbonyl (C=O) groups excluding carboxylic acids is 1. The van der Waals surface area contributed by atoms with E-state index in [1.165, 1.54) is 12.8 Å². The fourth-order valence-electron chi connectivity index (χ4n) is 3.70. The van der Waals surface area contributed by atoms with E-state index in [9.17, 15) is 4.79 Å². The van der Waals surface area contributed by atoms with E-state index in [1.807, 2.05) is 27.8 Å². The Balaban J connectivity index is 1.63. The highest BCUT2D eigenvalue weighted by Crippen LogP contribution is 2.24. The molecule has 148 valence electrons. The fraction of sp³-hybridized carbons (Fsp3) is 0.722. The van der Waals surface area contributed by atoms with Gasteiger partial charge < -0.3 is 4.90 Å². The van der Waals surface area contributed by atoms with Crippen LogP contribution in [0.25, 0.3) is 0 Å². The van der Waals surface area contributed by atoms with Crippen molar-refractivity contribution in [3.05, 3.63) is 22.8 Å². The number of H-pyrrole nitrogens is 1. The number of rotatable bonds is 6. The number of amides is 1. The molecule has 1 aliphatic rings. The number of likely N-dealkylation sites (N-methyl/N-ethyl adjacent to an activating group) is 1. The third-order valence-electron chi connectivity index (χ3n) is 5.71. The molecule has 1 N–H and O–H groups in total. The van der Waals surface area contributed by atoms with Gasteiger partial charge in [0.1, 0.15) is 6.54 Å². The highest BCUT2D eigenvalue weighted by molar-refractivity contribution is 5.76. The number of carbonyl (C=O) groups is 1. The lowest BCUT2D eigenvalue weighted by Crippen LogP contribution is -2.36. The summed E-state index contributed by atoms with van der Waals surface area (Å²) in [4.78, 5) is 16.9. The second-order valence-electron chi connectivity index (χ2n) is 7.74. The molecule has 1 aliphatic heterocycles. The van der Waals surface area contributed by atoms with Crippen LogP contribution in [0.1, 0.15) is 55.5 Å². The maximum atomic E-state index is 12.8. The molecule has 1 unspecified atom stereocenters. The van der Waals surface area contributed by atoms with Gasteiger partial charge in [0.25, 0.3) is 0 Å². The van der Waals surface area contributed by atoms with Gasteiger partial charge in [-0.3, -0.25) is 14.8 Å². The Hall–Kier alpha value is -2.29. The molecule has 1 fully saturated rings. The number of aryl methyl sites for hydroxylation is 2. The first kappa shape index (κ1) is 19.5. The zero-order chi connectivity index (χ0) is 19.6. The normalized spacial score (nSPS) is 17.2. The van der Waals surface area contributed by atoms with Gasteiger partial charge in [0, 0.05) is 18.3 Å². The molecule has 1 atom stereocenters. The number of hydrogen-bond acceptors (Lipinski definition) is 6. The van der Waals surface area contributed by atoms with Crippen molar-refractivity contribution < 1.29 is 4.79 Å². The Labute approximate surface area is 160 Å². The average molecular weight is 374 g/mol. The molecule has 0 saturated carbocycles. The highest BCUT2D eigenvalue weighted by Gasteiger charge is 2.24. The predicted octanol–water partition coefficient (Wildman–Crippen LogP) is 1.46. The maximum Gasteiger partial charge on any atom is 0.244 e. The molecule has 3 rings (SSSR count). The van der Waals surface area contributed by atoms with Crippen molar-refractivity contribution in [2.75, 3.05) is 20.1 Å². The van der Waals surface area contributed by atoms with Crippen molar-refractivity contribution in [1.29, 1.82) is 0 Å². The van der Waals surface area contributed by atoms with Crippen LogP contribution in [-0.2, 0) is 17.9 Å². The zero-order valence-electron chi connectivity index (χ0n) is 16.9. The summed E-state index contributed by atoms with van der Waals surface area (Å²) in [5.74, 6) is 1.50. The van der Waals surface area contributed by atoms with E-state index in [2.05, 4.69) is 37.5 Å². The van der Waals surface area contributed by atoms with Crippen LogP contribution in [-0.4, -0.2) is 66.2 Å². The van der Waals surface area contributed by atoms with Gasteiger partial charge in [-0.05, 0) is 63.0 Å². The number of piperidine rings is 1. The van der Waals surface area contributed by atoms with E-state index >= 15 is 0 Å². The Bertz CT molecular complexity index is 755. The van der Waals surface area contributed by atoms with Crippen molar-refractivity contribution in [3.8, 4) is 0 Å². The summed E-state index contributed by atoms with van der Waals surface area (Å²) < 4.78 is 1.62. The molecule has 2 aromatic rings. The molecule has 0 bridgehead atoms. The van der Waals surface area contributed by atoms with Crippen molar-refractivity contribution in [3.63, 3.8) is 0 Å². The van der Waals surface area contributed by atoms with Crippen LogP contribution < -0.4 is 0 Å². The summed E-state index contributed by atoms with van der Waals surface area (Å²) in [6.45, 7) is 11.2. The highest BCUT2D eigenvalue weighted by atomic mass is 16.2. The number of nitrogens with one attached hydrogen (secondary N) is 1. The van der Waals surface area contributed by atoms with Gasteiger partial charge in [-0.25, -0.2) is 4.68 Å². The molecule has 1 amide bonds. The van der Waals surface area contributed by atoms with Gasteiger partial charge >= 0.3 is 0 Å². The van der Waals surface area contributed by atoms with Gasteiger partial charge in [-0.15, -0.1) is 5.10 Å². The smallest absolute Gasteiger partial charge is 0.244 e. The van der Waals surface area contributed by atoms with Crippen LogP contribution in [0.2, 0.25) is 0 Å². The van der Waals surface area contributed by atoms with Crippen LogP contribution in [0, 0.1) is 19.8 Å². The van der Waals surface area contributed by atoms with Crippen LogP contribution in [0.15, 0.2) is 0 Å². The zero-order valence-corrected chi connectivity index (χ0v) is 16.9. The summed E-state index contributed by atoms with van der Waals surface area (Å²) in [7, 11) is 1.81. The first-order chi connectivity index (χ1) is 12.9. The lowest BCUT2D eigenvalue weighted by molar-refractivity contribution is -0.132. The molecule has 2 aromatic heterocycles. The van der Waals surface area contributed by atoms with Crippen LogP contribution in [0.3, 0.4) is 0 Å². The predicted molar refractivity (Wildman–Crippen MR) is 101 cm³/mol. The Morgan fingerprint density at radius 3 is 2.67 bits per heavy atom. The van der Waals surface area contributed by atoms with E-state index in [4.69, 9.17) is 0 Å². The number of likely N-dealkylation sites (tertiary alicyclic amines) is 1. The van der Waals surface area contributed by atoms with Gasteiger partial charge in [0.15, 0.2) is 5.82 Å². The van der Waals surface area contributed by atoms with Crippen molar-refractivity contribution in [2.45, 2.75) is 59.7 Å². The molecule has 9 heteroatoms. The van der Waals surface area contributed by atoms with Gasteiger partial charge in [0.2, 0.25) is 5.91 Å². The summed E-state index contributed by atoms with van der Waals surface area (Å²) >= 11 is 0. The lowest BCUT2D eigenvalue weighted by Gasteiger charge is -2.29. The quantitative estimate of drug-likeness (QED) is 0.822. The molecular formula is C18H30N8O. The van der Waals surface area contributed by atoms with E-state index in [0.29, 0.717) is 6.54 Å². The van der Waals surface area contributed by atoms with Gasteiger partial charge in [-0.2, -0.15) is 5.10 Å². The van der Waals surface area contributed by atoms with E-state index < -0.39 is 0 Å². The second kappa shape index (κ2) is 8.16. The molecule has 0 aliphatic carbocycles. The standard InChI is InChI=1S/C18H30N8O/c1-12-6-8-25(9-7-12)10-16-21-22-23-26(16)11-17(27)24(5)15(4)18-13(2)19-20-14(18)3/h12,15H,6-11H2,1-5H3,(H,19,20). The minimum absolute atomic E-state index is 0.0247. The van der Waals surface area contributed by atoms with Gasteiger partial charge in [-0.1, -0.05) is 6.92 Å². The SMILES string of the molecule is Cc1n[nH]c(C)c1C(C)N(C)C(=O)Cn1nnnc1CN1CCC(C)CC1. The number of hydrogen-bond donors (Lipinski definition) is 1. The van der Waals surface area contributed by atoms with Crippen molar-refractivity contribution in [2.24, 2.45) is 5.92 Å². The summed E-state index contributed by atoms with van der Waals surface area (Å²) in [6.07, 6.45) is 2.40. The Morgan fingerprint density at radius 2 is 2.04 bits per heavy atom. The van der Waals surface area contributed by atoms with Crippen LogP contribution >= 0.6 is 0 Å². The number of aromatic nitrogens is 6. The number of nitrogens with zero attached hydrogens (tertiary/aromatic N) is 7. The second-order valence-corrected chi connectivity index (χ2v) is 7.74. The van der Waals surface area contributed by atoms with Crippen molar-refractivity contribution in [1.82, 2.24) is 40.2 Å². The van der Waals surface area contributed by atoms with E-state index in [0.717, 1.165) is 41.8 Å². The molecule has 3 heterocycles.